The van der Waals surface area contributed by atoms with Crippen molar-refractivity contribution in [3.63, 3.8) is 0 Å². The van der Waals surface area contributed by atoms with Crippen LogP contribution in [0.3, 0.4) is 0 Å². The van der Waals surface area contributed by atoms with Crippen LogP contribution in [-0.4, -0.2) is 19.6 Å². The second-order valence-corrected chi connectivity index (χ2v) is 5.82. The van der Waals surface area contributed by atoms with Crippen molar-refractivity contribution >= 4 is 40.5 Å². The highest BCUT2D eigenvalue weighted by Gasteiger charge is 2.10. The van der Waals surface area contributed by atoms with E-state index in [9.17, 15) is 4.79 Å². The maximum absolute atomic E-state index is 12.1. The summed E-state index contributed by atoms with van der Waals surface area (Å²) in [5.41, 5.74) is 2.29. The van der Waals surface area contributed by atoms with Crippen molar-refractivity contribution < 1.29 is 9.53 Å². The monoisotopic (exact) mass is 352 g/mol. The van der Waals surface area contributed by atoms with Crippen molar-refractivity contribution in [2.24, 2.45) is 0 Å². The average molecular weight is 353 g/mol. The molecule has 0 aliphatic rings. The van der Waals surface area contributed by atoms with Crippen LogP contribution in [-0.2, 0) is 4.79 Å². The largest absolute Gasteiger partial charge is 0.495 e. The lowest BCUT2D eigenvalue weighted by atomic mass is 10.2. The van der Waals surface area contributed by atoms with Gasteiger partial charge in [-0.3, -0.25) is 4.79 Å². The number of hydrogen-bond acceptors (Lipinski definition) is 3. The predicted molar refractivity (Wildman–Crippen MR) is 95.9 cm³/mol. The number of carbonyl (C=O) groups is 1. The van der Waals surface area contributed by atoms with Crippen molar-refractivity contribution in [3.05, 3.63) is 52.0 Å². The van der Waals surface area contributed by atoms with Crippen molar-refractivity contribution in [1.82, 2.24) is 0 Å². The van der Waals surface area contributed by atoms with Crippen LogP contribution < -0.4 is 15.4 Å². The minimum Gasteiger partial charge on any atom is -0.495 e. The van der Waals surface area contributed by atoms with E-state index in [1.165, 1.54) is 7.11 Å². The van der Waals surface area contributed by atoms with Crippen LogP contribution in [0.2, 0.25) is 10.0 Å². The van der Waals surface area contributed by atoms with Crippen molar-refractivity contribution in [1.29, 1.82) is 0 Å². The molecule has 6 heteroatoms. The molecule has 2 aromatic rings. The molecule has 0 heterocycles. The first-order valence-corrected chi connectivity index (χ1v) is 7.89. The smallest absolute Gasteiger partial charge is 0.226 e. The lowest BCUT2D eigenvalue weighted by Gasteiger charge is -2.13. The molecule has 0 bridgehead atoms. The number of benzene rings is 2. The minimum atomic E-state index is -0.121. The first-order chi connectivity index (χ1) is 11.0. The molecular formula is C17H18Cl2N2O2. The van der Waals surface area contributed by atoms with Crippen LogP contribution in [0.25, 0.3) is 0 Å². The van der Waals surface area contributed by atoms with Crippen LogP contribution in [0.4, 0.5) is 11.4 Å². The molecular weight excluding hydrogens is 335 g/mol. The van der Waals surface area contributed by atoms with Gasteiger partial charge in [-0.25, -0.2) is 0 Å². The van der Waals surface area contributed by atoms with Gasteiger partial charge in [0.25, 0.3) is 0 Å². The van der Waals surface area contributed by atoms with E-state index in [4.69, 9.17) is 27.9 Å². The van der Waals surface area contributed by atoms with E-state index in [-0.39, 0.29) is 5.91 Å². The Kier molecular flexibility index (Phi) is 6.13. The summed E-state index contributed by atoms with van der Waals surface area (Å²) in [6.07, 6.45) is 0.302. The summed E-state index contributed by atoms with van der Waals surface area (Å²) < 4.78 is 5.24. The number of hydrogen-bond donors (Lipinski definition) is 2. The molecule has 0 saturated carbocycles. The molecule has 0 aliphatic heterocycles. The zero-order valence-corrected chi connectivity index (χ0v) is 14.5. The summed E-state index contributed by atoms with van der Waals surface area (Å²) in [6.45, 7) is 2.35. The fourth-order valence-electron chi connectivity index (χ4n) is 2.06. The van der Waals surface area contributed by atoms with Crippen LogP contribution in [0.15, 0.2) is 36.4 Å². The molecule has 2 aromatic carbocycles. The Morgan fingerprint density at radius 1 is 1.13 bits per heavy atom. The van der Waals surface area contributed by atoms with Gasteiger partial charge in [0, 0.05) is 24.1 Å². The molecule has 23 heavy (non-hydrogen) atoms. The zero-order chi connectivity index (χ0) is 16.8. The summed E-state index contributed by atoms with van der Waals surface area (Å²) in [4.78, 5) is 12.1. The SMILES string of the molecule is COc1cc(Cl)c(C)cc1NC(=O)CCNc1ccccc1Cl. The number of carbonyl (C=O) groups excluding carboxylic acids is 1. The van der Waals surface area contributed by atoms with E-state index in [0.29, 0.717) is 34.4 Å². The standard InChI is InChI=1S/C17H18Cl2N2O2/c1-11-9-15(16(23-2)10-13(11)19)21-17(22)7-8-20-14-6-4-3-5-12(14)18/h3-6,9-10,20H,7-8H2,1-2H3,(H,21,22). The predicted octanol–water partition coefficient (Wildman–Crippen LogP) is 4.75. The third-order valence-electron chi connectivity index (χ3n) is 3.30. The number of para-hydroxylation sites is 1. The number of aryl methyl sites for hydroxylation is 1. The second kappa shape index (κ2) is 8.09. The minimum absolute atomic E-state index is 0.121. The van der Waals surface area contributed by atoms with Gasteiger partial charge in [-0.2, -0.15) is 0 Å². The third kappa shape index (κ3) is 4.78. The molecule has 0 spiro atoms. The van der Waals surface area contributed by atoms with Crippen molar-refractivity contribution in [3.8, 4) is 5.75 Å². The molecule has 0 aliphatic carbocycles. The molecule has 0 saturated heterocycles. The molecule has 0 fully saturated rings. The van der Waals surface area contributed by atoms with Crippen molar-refractivity contribution in [2.75, 3.05) is 24.3 Å². The highest BCUT2D eigenvalue weighted by atomic mass is 35.5. The van der Waals surface area contributed by atoms with Crippen LogP contribution >= 0.6 is 23.2 Å². The topological polar surface area (TPSA) is 50.4 Å². The van der Waals surface area contributed by atoms with E-state index < -0.39 is 0 Å². The molecule has 2 rings (SSSR count). The number of anilines is 2. The Labute approximate surface area is 145 Å². The molecule has 2 N–H and O–H groups in total. The van der Waals surface area contributed by atoms with E-state index in [1.54, 1.807) is 18.2 Å². The quantitative estimate of drug-likeness (QED) is 0.788. The number of amides is 1. The Bertz CT molecular complexity index is 705. The Hall–Kier alpha value is -1.91. The summed E-state index contributed by atoms with van der Waals surface area (Å²) in [5, 5.41) is 7.19. The van der Waals surface area contributed by atoms with Gasteiger partial charge in [0.1, 0.15) is 5.75 Å². The average Bonchev–Trinajstić information content (AvgIpc) is 2.52. The van der Waals surface area contributed by atoms with Crippen LogP contribution in [0, 0.1) is 6.92 Å². The van der Waals surface area contributed by atoms with Gasteiger partial charge in [0.05, 0.1) is 23.5 Å². The van der Waals surface area contributed by atoms with Gasteiger partial charge in [0.2, 0.25) is 5.91 Å². The molecule has 1 amide bonds. The highest BCUT2D eigenvalue weighted by Crippen LogP contribution is 2.31. The van der Waals surface area contributed by atoms with Crippen LogP contribution in [0.1, 0.15) is 12.0 Å². The molecule has 0 unspecified atom stereocenters. The van der Waals surface area contributed by atoms with E-state index in [1.807, 2.05) is 25.1 Å². The number of nitrogens with one attached hydrogen (secondary N) is 2. The van der Waals surface area contributed by atoms with Crippen molar-refractivity contribution in [2.45, 2.75) is 13.3 Å². The van der Waals surface area contributed by atoms with Gasteiger partial charge in [-0.1, -0.05) is 35.3 Å². The fourth-order valence-corrected chi connectivity index (χ4v) is 2.41. The first kappa shape index (κ1) is 17.4. The molecule has 0 radical (unpaired) electrons. The summed E-state index contributed by atoms with van der Waals surface area (Å²) in [6, 6.07) is 10.9. The number of ether oxygens (including phenoxy) is 1. The normalized spacial score (nSPS) is 10.3. The van der Waals surface area contributed by atoms with Gasteiger partial charge in [-0.15, -0.1) is 0 Å². The lowest BCUT2D eigenvalue weighted by Crippen LogP contribution is -2.17. The lowest BCUT2D eigenvalue weighted by molar-refractivity contribution is -0.115. The second-order valence-electron chi connectivity index (χ2n) is 5.01. The Balaban J connectivity index is 1.93. The van der Waals surface area contributed by atoms with E-state index in [0.717, 1.165) is 11.3 Å². The van der Waals surface area contributed by atoms with Crippen LogP contribution in [0.5, 0.6) is 5.75 Å². The summed E-state index contributed by atoms with van der Waals surface area (Å²) in [7, 11) is 1.54. The summed E-state index contributed by atoms with van der Waals surface area (Å²) in [5.74, 6) is 0.414. The van der Waals surface area contributed by atoms with E-state index >= 15 is 0 Å². The fraction of sp³-hybridized carbons (Fsp3) is 0.235. The van der Waals surface area contributed by atoms with Gasteiger partial charge < -0.3 is 15.4 Å². The summed E-state index contributed by atoms with van der Waals surface area (Å²) >= 11 is 12.1. The van der Waals surface area contributed by atoms with Gasteiger partial charge in [-0.05, 0) is 30.7 Å². The Morgan fingerprint density at radius 2 is 1.87 bits per heavy atom. The number of methoxy groups -OCH3 is 1. The third-order valence-corrected chi connectivity index (χ3v) is 4.03. The van der Waals surface area contributed by atoms with Gasteiger partial charge in [0.15, 0.2) is 0 Å². The van der Waals surface area contributed by atoms with Gasteiger partial charge >= 0.3 is 0 Å². The molecule has 0 aromatic heterocycles. The number of rotatable bonds is 6. The van der Waals surface area contributed by atoms with E-state index in [2.05, 4.69) is 10.6 Å². The zero-order valence-electron chi connectivity index (χ0n) is 13.0. The maximum Gasteiger partial charge on any atom is 0.226 e. The highest BCUT2D eigenvalue weighted by molar-refractivity contribution is 6.33. The number of halogens is 2. The molecule has 122 valence electrons. The molecule has 0 atom stereocenters. The Morgan fingerprint density at radius 3 is 2.57 bits per heavy atom. The first-order valence-electron chi connectivity index (χ1n) is 7.13. The maximum atomic E-state index is 12.1. The molecule has 4 nitrogen and oxygen atoms in total.